The summed E-state index contributed by atoms with van der Waals surface area (Å²) < 4.78 is 24.8. The molecule has 0 saturated carbocycles. The number of H-pyrrole nitrogens is 1. The van der Waals surface area contributed by atoms with E-state index in [1.54, 1.807) is 36.2 Å². The summed E-state index contributed by atoms with van der Waals surface area (Å²) >= 11 is 0. The lowest BCUT2D eigenvalue weighted by Gasteiger charge is -2.18. The second-order valence-corrected chi connectivity index (χ2v) is 7.56. The predicted molar refractivity (Wildman–Crippen MR) is 123 cm³/mol. The van der Waals surface area contributed by atoms with Crippen molar-refractivity contribution < 1.29 is 18.7 Å². The molecule has 0 unspecified atom stereocenters. The summed E-state index contributed by atoms with van der Waals surface area (Å²) in [5, 5.41) is 7.26. The highest BCUT2D eigenvalue weighted by Crippen LogP contribution is 2.29. The largest absolute Gasteiger partial charge is 0.490 e. The maximum atomic E-state index is 13.4. The summed E-state index contributed by atoms with van der Waals surface area (Å²) in [7, 11) is 1.79. The highest BCUT2D eigenvalue weighted by Gasteiger charge is 2.15. The fourth-order valence-electron chi connectivity index (χ4n) is 3.35. The fourth-order valence-corrected chi connectivity index (χ4v) is 3.35. The van der Waals surface area contributed by atoms with Crippen LogP contribution in [0.5, 0.6) is 11.5 Å². The SMILES string of the molecule is CCCOc1ccc(C(=O)N(C)CCCc2cc(-c3cccc(F)c3)n[nH]2)cc1OCC. The van der Waals surface area contributed by atoms with E-state index in [0.717, 1.165) is 30.5 Å². The number of benzene rings is 2. The van der Waals surface area contributed by atoms with Gasteiger partial charge in [0.15, 0.2) is 11.5 Å². The molecule has 0 radical (unpaired) electrons. The van der Waals surface area contributed by atoms with Gasteiger partial charge >= 0.3 is 0 Å². The predicted octanol–water partition coefficient (Wildman–Crippen LogP) is 5.11. The van der Waals surface area contributed by atoms with Gasteiger partial charge in [-0.25, -0.2) is 4.39 Å². The number of hydrogen-bond donors (Lipinski definition) is 1. The van der Waals surface area contributed by atoms with E-state index in [2.05, 4.69) is 10.2 Å². The first-order valence-corrected chi connectivity index (χ1v) is 11.0. The molecular formula is C25H30FN3O3. The molecule has 0 bridgehead atoms. The van der Waals surface area contributed by atoms with Crippen LogP contribution in [-0.2, 0) is 6.42 Å². The highest BCUT2D eigenvalue weighted by molar-refractivity contribution is 5.94. The zero-order valence-corrected chi connectivity index (χ0v) is 18.9. The number of ether oxygens (including phenoxy) is 2. The summed E-state index contributed by atoms with van der Waals surface area (Å²) in [6, 6.07) is 13.6. The van der Waals surface area contributed by atoms with Crippen molar-refractivity contribution in [2.24, 2.45) is 0 Å². The Morgan fingerprint density at radius 3 is 2.69 bits per heavy atom. The van der Waals surface area contributed by atoms with Crippen LogP contribution in [0.3, 0.4) is 0 Å². The molecule has 0 fully saturated rings. The van der Waals surface area contributed by atoms with Gasteiger partial charge in [-0.05, 0) is 62.6 Å². The molecule has 1 N–H and O–H groups in total. The molecule has 6 nitrogen and oxygen atoms in total. The standard InChI is InChI=1S/C25H30FN3O3/c1-4-14-32-23-12-11-19(16-24(23)31-5-2)25(30)29(3)13-7-10-21-17-22(28-27-21)18-8-6-9-20(26)15-18/h6,8-9,11-12,15-17H,4-5,7,10,13-14H2,1-3H3,(H,27,28). The second-order valence-electron chi connectivity index (χ2n) is 7.56. The number of carbonyl (C=O) groups is 1. The molecule has 1 amide bonds. The highest BCUT2D eigenvalue weighted by atomic mass is 19.1. The van der Waals surface area contributed by atoms with Crippen LogP contribution in [0.15, 0.2) is 48.5 Å². The Morgan fingerprint density at radius 2 is 1.94 bits per heavy atom. The third-order valence-corrected chi connectivity index (χ3v) is 4.99. The van der Waals surface area contributed by atoms with E-state index in [4.69, 9.17) is 9.47 Å². The molecule has 0 aliphatic carbocycles. The van der Waals surface area contributed by atoms with Gasteiger partial charge in [-0.2, -0.15) is 5.10 Å². The van der Waals surface area contributed by atoms with E-state index < -0.39 is 0 Å². The molecule has 3 aromatic rings. The number of aryl methyl sites for hydroxylation is 1. The molecule has 32 heavy (non-hydrogen) atoms. The molecule has 2 aromatic carbocycles. The summed E-state index contributed by atoms with van der Waals surface area (Å²) in [5.74, 6) is 0.881. The monoisotopic (exact) mass is 439 g/mol. The molecule has 0 aliphatic rings. The number of carbonyl (C=O) groups excluding carboxylic acids is 1. The Hall–Kier alpha value is -3.35. The minimum atomic E-state index is -0.287. The average Bonchev–Trinajstić information content (AvgIpc) is 3.27. The van der Waals surface area contributed by atoms with Crippen LogP contribution in [0.4, 0.5) is 4.39 Å². The molecule has 3 rings (SSSR count). The summed E-state index contributed by atoms with van der Waals surface area (Å²) in [5.41, 5.74) is 2.95. The first-order valence-electron chi connectivity index (χ1n) is 11.0. The van der Waals surface area contributed by atoms with Crippen molar-refractivity contribution in [1.82, 2.24) is 15.1 Å². The van der Waals surface area contributed by atoms with Gasteiger partial charge in [-0.1, -0.05) is 19.1 Å². The van der Waals surface area contributed by atoms with Crippen LogP contribution in [0.2, 0.25) is 0 Å². The van der Waals surface area contributed by atoms with E-state index >= 15 is 0 Å². The van der Waals surface area contributed by atoms with Crippen molar-refractivity contribution in [2.75, 3.05) is 26.8 Å². The van der Waals surface area contributed by atoms with Gasteiger partial charge < -0.3 is 14.4 Å². The van der Waals surface area contributed by atoms with E-state index in [9.17, 15) is 9.18 Å². The summed E-state index contributed by atoms with van der Waals surface area (Å²) in [6.07, 6.45) is 2.39. The average molecular weight is 440 g/mol. The van der Waals surface area contributed by atoms with E-state index in [-0.39, 0.29) is 11.7 Å². The number of halogens is 1. The first kappa shape index (κ1) is 23.3. The Kier molecular flexibility index (Phi) is 8.25. The number of aromatic nitrogens is 2. The van der Waals surface area contributed by atoms with Crippen LogP contribution < -0.4 is 9.47 Å². The minimum absolute atomic E-state index is 0.0712. The van der Waals surface area contributed by atoms with Gasteiger partial charge in [0.05, 0.1) is 18.9 Å². The Labute approximate surface area is 188 Å². The number of rotatable bonds is 11. The Bertz CT molecular complexity index is 1030. The molecule has 0 spiro atoms. The molecule has 1 aromatic heterocycles. The summed E-state index contributed by atoms with van der Waals surface area (Å²) in [6.45, 7) is 5.63. The quantitative estimate of drug-likeness (QED) is 0.451. The molecule has 0 atom stereocenters. The van der Waals surface area contributed by atoms with Gasteiger partial charge in [0.1, 0.15) is 5.82 Å². The summed E-state index contributed by atoms with van der Waals surface area (Å²) in [4.78, 5) is 14.6. The van der Waals surface area contributed by atoms with Gasteiger partial charge in [0, 0.05) is 30.4 Å². The molecule has 0 aliphatic heterocycles. The molecule has 170 valence electrons. The van der Waals surface area contributed by atoms with Crippen LogP contribution in [0.1, 0.15) is 42.7 Å². The van der Waals surface area contributed by atoms with Crippen molar-refractivity contribution in [3.63, 3.8) is 0 Å². The van der Waals surface area contributed by atoms with E-state index in [1.807, 2.05) is 26.0 Å². The zero-order valence-electron chi connectivity index (χ0n) is 18.9. The normalized spacial score (nSPS) is 10.8. The lowest BCUT2D eigenvalue weighted by molar-refractivity contribution is 0.0793. The van der Waals surface area contributed by atoms with Crippen LogP contribution in [0.25, 0.3) is 11.3 Å². The van der Waals surface area contributed by atoms with Crippen molar-refractivity contribution in [3.8, 4) is 22.8 Å². The smallest absolute Gasteiger partial charge is 0.253 e. The maximum Gasteiger partial charge on any atom is 0.253 e. The number of nitrogens with zero attached hydrogens (tertiary/aromatic N) is 2. The number of hydrogen-bond acceptors (Lipinski definition) is 4. The first-order chi connectivity index (χ1) is 15.5. The number of nitrogens with one attached hydrogen (secondary N) is 1. The Balaban J connectivity index is 1.56. The fraction of sp³-hybridized carbons (Fsp3) is 0.360. The van der Waals surface area contributed by atoms with Crippen molar-refractivity contribution in [3.05, 3.63) is 65.6 Å². The van der Waals surface area contributed by atoms with Gasteiger partial charge in [-0.15, -0.1) is 0 Å². The van der Waals surface area contributed by atoms with Gasteiger partial charge in [0.2, 0.25) is 0 Å². The van der Waals surface area contributed by atoms with E-state index in [1.165, 1.54) is 12.1 Å². The maximum absolute atomic E-state index is 13.4. The zero-order chi connectivity index (χ0) is 22.9. The molecular weight excluding hydrogens is 409 g/mol. The lowest BCUT2D eigenvalue weighted by atomic mass is 10.1. The van der Waals surface area contributed by atoms with Gasteiger partial charge in [0.25, 0.3) is 5.91 Å². The second kappa shape index (κ2) is 11.3. The number of aromatic amines is 1. The minimum Gasteiger partial charge on any atom is -0.490 e. The topological polar surface area (TPSA) is 67.5 Å². The molecule has 0 saturated heterocycles. The molecule has 7 heteroatoms. The van der Waals surface area contributed by atoms with Gasteiger partial charge in [-0.3, -0.25) is 9.89 Å². The lowest BCUT2D eigenvalue weighted by Crippen LogP contribution is -2.28. The van der Waals surface area contributed by atoms with E-state index in [0.29, 0.717) is 42.5 Å². The van der Waals surface area contributed by atoms with Crippen LogP contribution >= 0.6 is 0 Å². The third kappa shape index (κ3) is 6.09. The third-order valence-electron chi connectivity index (χ3n) is 4.99. The van der Waals surface area contributed by atoms with Crippen molar-refractivity contribution in [2.45, 2.75) is 33.1 Å². The van der Waals surface area contributed by atoms with Crippen LogP contribution in [0, 0.1) is 5.82 Å². The number of amides is 1. The molecule has 1 heterocycles. The Morgan fingerprint density at radius 1 is 1.09 bits per heavy atom. The van der Waals surface area contributed by atoms with Crippen molar-refractivity contribution >= 4 is 5.91 Å². The van der Waals surface area contributed by atoms with Crippen molar-refractivity contribution in [1.29, 1.82) is 0 Å². The van der Waals surface area contributed by atoms with Crippen LogP contribution in [-0.4, -0.2) is 47.8 Å².